The molecule has 1 atom stereocenters. The van der Waals surface area contributed by atoms with Gasteiger partial charge in [0.2, 0.25) is 0 Å². The molecule has 0 aliphatic carbocycles. The molecule has 3 aromatic rings. The monoisotopic (exact) mass is 427 g/mol. The van der Waals surface area contributed by atoms with E-state index < -0.39 is 17.9 Å². The number of aromatic nitrogens is 2. The van der Waals surface area contributed by atoms with E-state index in [1.165, 1.54) is 13.0 Å². The van der Waals surface area contributed by atoms with E-state index in [1.807, 2.05) is 32.0 Å². The average Bonchev–Trinajstić information content (AvgIpc) is 2.73. The third kappa shape index (κ3) is 4.68. The number of hydrogen-bond donors (Lipinski definition) is 2. The van der Waals surface area contributed by atoms with Crippen LogP contribution < -0.4 is 10.1 Å². The molecule has 8 heteroatoms. The molecule has 30 heavy (non-hydrogen) atoms. The summed E-state index contributed by atoms with van der Waals surface area (Å²) in [6.45, 7) is 5.54. The summed E-state index contributed by atoms with van der Waals surface area (Å²) in [7, 11) is 0. The van der Waals surface area contributed by atoms with E-state index in [2.05, 4.69) is 15.3 Å². The van der Waals surface area contributed by atoms with E-state index in [0.29, 0.717) is 16.2 Å². The maximum absolute atomic E-state index is 12.8. The zero-order valence-corrected chi connectivity index (χ0v) is 17.6. The SMILES string of the molecule is CC(NC(=O)c1cc(Cl)c2ccccc2c1OCc1cnc(C(C)C)nc1)C(=O)O. The van der Waals surface area contributed by atoms with Crippen LogP contribution in [-0.4, -0.2) is 33.0 Å². The molecule has 1 amide bonds. The van der Waals surface area contributed by atoms with Gasteiger partial charge in [-0.1, -0.05) is 49.7 Å². The minimum atomic E-state index is -1.14. The number of carbonyl (C=O) groups excluding carboxylic acids is 1. The topological polar surface area (TPSA) is 101 Å². The molecular formula is C22H22ClN3O4. The number of aliphatic carboxylic acids is 1. The van der Waals surface area contributed by atoms with Crippen molar-refractivity contribution in [2.24, 2.45) is 0 Å². The Bertz CT molecular complexity index is 1080. The summed E-state index contributed by atoms with van der Waals surface area (Å²) >= 11 is 6.37. The standard InChI is InChI=1S/C22H22ClN3O4/c1-12(2)20-24-9-14(10-25-20)11-30-19-16-7-5-4-6-15(16)18(23)8-17(19)21(27)26-13(3)22(28)29/h4-10,12-13H,11H2,1-3H3,(H,26,27)(H,28,29). The number of benzene rings is 2. The lowest BCUT2D eigenvalue weighted by molar-refractivity contribution is -0.138. The van der Waals surface area contributed by atoms with E-state index in [9.17, 15) is 9.59 Å². The van der Waals surface area contributed by atoms with Crippen molar-refractivity contribution in [2.45, 2.75) is 39.3 Å². The second-order valence-electron chi connectivity index (χ2n) is 7.21. The molecule has 7 nitrogen and oxygen atoms in total. The molecule has 0 spiro atoms. The number of hydrogen-bond acceptors (Lipinski definition) is 5. The third-order valence-corrected chi connectivity index (χ3v) is 4.84. The van der Waals surface area contributed by atoms with Gasteiger partial charge in [-0.2, -0.15) is 0 Å². The van der Waals surface area contributed by atoms with Crippen LogP contribution in [0.25, 0.3) is 10.8 Å². The van der Waals surface area contributed by atoms with Crippen LogP contribution in [0.1, 0.15) is 48.4 Å². The normalized spacial score (nSPS) is 12.0. The highest BCUT2D eigenvalue weighted by Gasteiger charge is 2.22. The van der Waals surface area contributed by atoms with Crippen molar-refractivity contribution in [1.29, 1.82) is 0 Å². The molecule has 0 aliphatic rings. The number of nitrogens with zero attached hydrogens (tertiary/aromatic N) is 2. The number of ether oxygens (including phenoxy) is 1. The summed E-state index contributed by atoms with van der Waals surface area (Å²) in [5.41, 5.74) is 0.898. The maximum Gasteiger partial charge on any atom is 0.325 e. The number of amides is 1. The number of rotatable bonds is 7. The summed E-state index contributed by atoms with van der Waals surface area (Å²) in [5.74, 6) is -0.456. The fourth-order valence-corrected chi connectivity index (χ4v) is 3.13. The van der Waals surface area contributed by atoms with Crippen LogP contribution in [0, 0.1) is 0 Å². The fourth-order valence-electron chi connectivity index (χ4n) is 2.86. The molecule has 0 saturated carbocycles. The predicted octanol–water partition coefficient (Wildman–Crippen LogP) is 4.19. The first-order valence-corrected chi connectivity index (χ1v) is 9.84. The van der Waals surface area contributed by atoms with Crippen molar-refractivity contribution in [3.8, 4) is 5.75 Å². The van der Waals surface area contributed by atoms with Gasteiger partial charge in [0.25, 0.3) is 5.91 Å². The van der Waals surface area contributed by atoms with E-state index in [4.69, 9.17) is 21.4 Å². The third-order valence-electron chi connectivity index (χ3n) is 4.53. The molecule has 0 saturated heterocycles. The molecule has 2 N–H and O–H groups in total. The van der Waals surface area contributed by atoms with Gasteiger partial charge >= 0.3 is 5.97 Å². The molecule has 0 radical (unpaired) electrons. The molecule has 3 rings (SSSR count). The number of carboxylic acid groups (broad SMARTS) is 1. The second-order valence-corrected chi connectivity index (χ2v) is 7.61. The molecule has 1 heterocycles. The van der Waals surface area contributed by atoms with Crippen molar-refractivity contribution in [3.05, 3.63) is 64.7 Å². The van der Waals surface area contributed by atoms with Crippen molar-refractivity contribution < 1.29 is 19.4 Å². The lowest BCUT2D eigenvalue weighted by Gasteiger charge is -2.17. The van der Waals surface area contributed by atoms with Gasteiger partial charge in [-0.3, -0.25) is 9.59 Å². The van der Waals surface area contributed by atoms with Crippen LogP contribution in [0.4, 0.5) is 0 Å². The zero-order valence-electron chi connectivity index (χ0n) is 16.8. The molecule has 1 aromatic heterocycles. The highest BCUT2D eigenvalue weighted by Crippen LogP contribution is 2.35. The largest absolute Gasteiger partial charge is 0.487 e. The quantitative estimate of drug-likeness (QED) is 0.586. The van der Waals surface area contributed by atoms with Crippen LogP contribution in [0.15, 0.2) is 42.7 Å². The minimum Gasteiger partial charge on any atom is -0.487 e. The van der Waals surface area contributed by atoms with Crippen molar-refractivity contribution >= 4 is 34.2 Å². The molecule has 0 bridgehead atoms. The Kier molecular flexibility index (Phi) is 6.52. The van der Waals surface area contributed by atoms with Gasteiger partial charge in [0.15, 0.2) is 0 Å². The smallest absolute Gasteiger partial charge is 0.325 e. The number of halogens is 1. The van der Waals surface area contributed by atoms with Gasteiger partial charge in [-0.05, 0) is 13.0 Å². The van der Waals surface area contributed by atoms with Gasteiger partial charge in [-0.15, -0.1) is 0 Å². The van der Waals surface area contributed by atoms with E-state index in [1.54, 1.807) is 18.5 Å². The van der Waals surface area contributed by atoms with Crippen LogP contribution in [0.3, 0.4) is 0 Å². The highest BCUT2D eigenvalue weighted by atomic mass is 35.5. The minimum absolute atomic E-state index is 0.138. The van der Waals surface area contributed by atoms with E-state index >= 15 is 0 Å². The van der Waals surface area contributed by atoms with Crippen LogP contribution in [-0.2, 0) is 11.4 Å². The van der Waals surface area contributed by atoms with Crippen LogP contribution in [0.2, 0.25) is 5.02 Å². The molecule has 1 unspecified atom stereocenters. The first-order chi connectivity index (χ1) is 14.3. The van der Waals surface area contributed by atoms with Gasteiger partial charge in [-0.25, -0.2) is 9.97 Å². The Morgan fingerprint density at radius 1 is 1.13 bits per heavy atom. The summed E-state index contributed by atoms with van der Waals surface area (Å²) < 4.78 is 6.01. The van der Waals surface area contributed by atoms with Gasteiger partial charge < -0.3 is 15.2 Å². The maximum atomic E-state index is 12.8. The average molecular weight is 428 g/mol. The first-order valence-electron chi connectivity index (χ1n) is 9.46. The Morgan fingerprint density at radius 3 is 2.37 bits per heavy atom. The molecule has 2 aromatic carbocycles. The second kappa shape index (κ2) is 9.09. The number of nitrogens with one attached hydrogen (secondary N) is 1. The van der Waals surface area contributed by atoms with Gasteiger partial charge in [0, 0.05) is 39.7 Å². The van der Waals surface area contributed by atoms with E-state index in [-0.39, 0.29) is 18.1 Å². The number of fused-ring (bicyclic) bond motifs is 1. The summed E-state index contributed by atoms with van der Waals surface area (Å²) in [6.07, 6.45) is 3.37. The van der Waals surface area contributed by atoms with E-state index in [0.717, 1.165) is 16.8 Å². The van der Waals surface area contributed by atoms with Gasteiger partial charge in [0.1, 0.15) is 24.2 Å². The molecule has 156 valence electrons. The van der Waals surface area contributed by atoms with Gasteiger partial charge in [0.05, 0.1) is 5.56 Å². The zero-order chi connectivity index (χ0) is 21.8. The summed E-state index contributed by atoms with van der Waals surface area (Å²) in [6, 6.07) is 7.70. The predicted molar refractivity (Wildman–Crippen MR) is 114 cm³/mol. The Hall–Kier alpha value is -3.19. The molecule has 0 fully saturated rings. The highest BCUT2D eigenvalue weighted by molar-refractivity contribution is 6.36. The number of carboxylic acids is 1. The summed E-state index contributed by atoms with van der Waals surface area (Å²) in [5, 5.41) is 13.3. The van der Waals surface area contributed by atoms with Crippen molar-refractivity contribution in [3.63, 3.8) is 0 Å². The van der Waals surface area contributed by atoms with Crippen molar-refractivity contribution in [2.75, 3.05) is 0 Å². The Balaban J connectivity index is 1.97. The van der Waals surface area contributed by atoms with Crippen LogP contribution >= 0.6 is 11.6 Å². The summed E-state index contributed by atoms with van der Waals surface area (Å²) in [4.78, 5) is 32.6. The fraction of sp³-hybridized carbons (Fsp3) is 0.273. The Morgan fingerprint density at radius 2 is 1.77 bits per heavy atom. The Labute approximate surface area is 179 Å². The lowest BCUT2D eigenvalue weighted by Crippen LogP contribution is -2.38. The molecule has 0 aliphatic heterocycles. The number of carbonyl (C=O) groups is 2. The van der Waals surface area contributed by atoms with Crippen LogP contribution in [0.5, 0.6) is 5.75 Å². The lowest BCUT2D eigenvalue weighted by atomic mass is 10.0. The van der Waals surface area contributed by atoms with Crippen molar-refractivity contribution in [1.82, 2.24) is 15.3 Å². The first kappa shape index (κ1) is 21.5. The molecular weight excluding hydrogens is 406 g/mol.